The van der Waals surface area contributed by atoms with Crippen molar-refractivity contribution in [2.75, 3.05) is 98.8 Å². The largest absolute Gasteiger partial charge is 0.346 e. The number of hydrogen-bond acceptors (Lipinski definition) is 21. The Morgan fingerprint density at radius 2 is 0.615 bits per heavy atom. The van der Waals surface area contributed by atoms with Crippen molar-refractivity contribution >= 4 is 119 Å². The summed E-state index contributed by atoms with van der Waals surface area (Å²) in [4.78, 5) is 210. The molecule has 39 nitrogen and oxygen atoms in total. The van der Waals surface area contributed by atoms with E-state index < -0.39 is 212 Å². The summed E-state index contributed by atoms with van der Waals surface area (Å²) in [5.41, 5.74) is -3.53. The number of hydrogen-bond donors (Lipinski definition) is 12. The third-order valence-corrected chi connectivity index (χ3v) is 37.1. The van der Waals surface area contributed by atoms with Gasteiger partial charge in [-0.05, 0) is 192 Å². The first kappa shape index (κ1) is 122. The standard InChI is InChI=1S/C36H60N6O7S.C35H58N6O7S.C35H56N6O7S/c1-10-18-37-31(45)28(43)25(19-22-12-11-13-22)38-30(44)27-23-14-15-36(16-17-36)24(23)20-42(27)32(46)29(35(5,6)7)40-33(47)39-26(34(2,3)4)21-41(8)50(9,48)49;1-10-17-36-30(44)27(42)24(18-21-11-12-21)37-29(43)26-22-13-14-35(15-16-35)23(22)19-41(26)31(45)28(34(5,6)7)39-32(46)38-25(33(2,3)4)20-40(8)49(9,47)48;1-11-13-14-24(27(42)30(44)36-19-12-2)37-29(43)26-22-15-16-35(17-18-35)23(22)20-41(26)31(45)28(34(6,7)8)39-32(46)38-25(33(3,4)5)21-40(9)49(10,47)48/h10,22-27,29H,1,11-21H2,2-9H3,(H,37,45)(H,38,44)(H2,39,40,47);10,21-26,28H,1,11-20H2,2-9H3,(H,36,44)(H,37,43)(H2,38,39,46);1,12,22-26,28H,2,13-21H2,3-10H3,(H,36,44)(H,37,43)(H2,38,39,46)/t23-,24-,25?,26+,27-,29+;2*22-,23-,24?,25+,26-,28+/m000/s1. The van der Waals surface area contributed by atoms with E-state index >= 15 is 0 Å². The van der Waals surface area contributed by atoms with Crippen LogP contribution in [-0.2, 0) is 87.6 Å². The molecule has 0 radical (unpaired) electrons. The fraction of sp³-hybridized carbons (Fsp3) is 0.783. The average Bonchev–Trinajstić information content (AvgIpc) is 1.56. The molecule has 11 rings (SSSR count). The van der Waals surface area contributed by atoms with Crippen LogP contribution < -0.4 is 63.8 Å². The highest BCUT2D eigenvalue weighted by atomic mass is 32.2. The summed E-state index contributed by atoms with van der Waals surface area (Å²) in [7, 11) is -6.17. The predicted octanol–water partition coefficient (Wildman–Crippen LogP) is 6.54. The molecule has 0 aromatic heterocycles. The molecule has 3 unspecified atom stereocenters. The van der Waals surface area contributed by atoms with E-state index in [-0.39, 0.29) is 128 Å². The summed E-state index contributed by atoms with van der Waals surface area (Å²) in [5, 5.41) is 33.4. The number of likely N-dealkylation sites (tertiary alicyclic amines) is 3. The minimum atomic E-state index is -3.51. The smallest absolute Gasteiger partial charge is 0.315 e. The van der Waals surface area contributed by atoms with E-state index in [0.717, 1.165) is 128 Å². The number of fused-ring (bicyclic) bond motifs is 6. The number of carbonyl (C=O) groups is 15. The van der Waals surface area contributed by atoms with Crippen LogP contribution in [0.1, 0.15) is 259 Å². The van der Waals surface area contributed by atoms with E-state index in [0.29, 0.717) is 32.5 Å². The number of likely N-dealkylation sites (N-methyl/N-ethyl adjacent to an activating group) is 3. The molecule has 11 aliphatic rings. The molecule has 11 fully saturated rings. The van der Waals surface area contributed by atoms with Gasteiger partial charge in [0.25, 0.3) is 17.7 Å². The van der Waals surface area contributed by atoms with E-state index in [4.69, 9.17) is 6.42 Å². The van der Waals surface area contributed by atoms with Gasteiger partial charge in [0.1, 0.15) is 36.3 Å². The van der Waals surface area contributed by atoms with Crippen molar-refractivity contribution in [3.05, 3.63) is 38.0 Å². The van der Waals surface area contributed by atoms with Gasteiger partial charge in [-0.1, -0.05) is 175 Å². The molecule has 0 aromatic rings. The van der Waals surface area contributed by atoms with Crippen molar-refractivity contribution in [1.29, 1.82) is 0 Å². The number of carbonyl (C=O) groups excluding carboxylic acids is 15. The number of nitrogens with one attached hydrogen (secondary N) is 12. The van der Waals surface area contributed by atoms with Gasteiger partial charge in [-0.3, -0.25) is 57.5 Å². The SMILES string of the molecule is C#CCCC(NC(=O)[C@@H]1[C@H]2CCC3(CC3)[C@H]2CN1C(=O)[C@@H](NC(=O)N[C@H](CN(C)S(C)(=O)=O)C(C)(C)C)C(C)(C)C)C(=O)C(=O)NCC=C.C=CCNC(=O)C(=O)C(CC1CC1)NC(=O)[C@@H]1[C@H]2CCC3(CC3)[C@H]2CN1C(=O)[C@@H](NC(=O)N[C@H](CN(C)S(C)(=O)=O)C(C)(C)C)C(C)(C)C.C=CCNC(=O)C(=O)C(CC1CCC1)NC(=O)[C@@H]1[C@H]2CCC3(CC3)[C@H]2CN1C(=O)[C@@H](NC(=O)N[C@H](CN(C)S(C)(=O)=O)C(C)(C)C)C(C)(C)C. The van der Waals surface area contributed by atoms with Crippen molar-refractivity contribution in [3.8, 4) is 12.3 Å². The zero-order valence-electron chi connectivity index (χ0n) is 92.2. The maximum Gasteiger partial charge on any atom is 0.315 e. The summed E-state index contributed by atoms with van der Waals surface area (Å²) >= 11 is 0. The van der Waals surface area contributed by atoms with Gasteiger partial charge in [0.05, 0.1) is 36.9 Å². The molecule has 3 aliphatic heterocycles. The molecule has 8 saturated carbocycles. The van der Waals surface area contributed by atoms with Crippen LogP contribution in [0.3, 0.4) is 0 Å². The van der Waals surface area contributed by atoms with E-state index in [9.17, 15) is 97.2 Å². The van der Waals surface area contributed by atoms with Gasteiger partial charge < -0.3 is 78.5 Å². The summed E-state index contributed by atoms with van der Waals surface area (Å²) in [6, 6.07) is -12.5. The second-order valence-corrected chi connectivity index (χ2v) is 57.0. The maximum absolute atomic E-state index is 14.7. The highest BCUT2D eigenvalue weighted by Crippen LogP contribution is 2.69. The highest BCUT2D eigenvalue weighted by Gasteiger charge is 2.68. The molecular formula is C106H174N18O21S3. The molecule has 148 heavy (non-hydrogen) atoms. The Morgan fingerprint density at radius 3 is 0.824 bits per heavy atom. The van der Waals surface area contributed by atoms with Crippen LogP contribution in [0.4, 0.5) is 14.4 Å². The van der Waals surface area contributed by atoms with E-state index in [2.05, 4.69) is 89.5 Å². The van der Waals surface area contributed by atoms with Crippen molar-refractivity contribution in [2.24, 2.45) is 96.1 Å². The van der Waals surface area contributed by atoms with Gasteiger partial charge >= 0.3 is 18.1 Å². The van der Waals surface area contributed by atoms with E-state index in [1.807, 2.05) is 125 Å². The lowest BCUT2D eigenvalue weighted by atomic mass is 9.80. The van der Waals surface area contributed by atoms with Gasteiger partial charge in [-0.15, -0.1) is 32.1 Å². The number of Topliss-reactive ketones (excluding diaryl/α,β-unsaturated/α-hetero) is 3. The lowest BCUT2D eigenvalue weighted by Gasteiger charge is -2.38. The predicted molar refractivity (Wildman–Crippen MR) is 565 cm³/mol. The van der Waals surface area contributed by atoms with Gasteiger partial charge in [-0.25, -0.2) is 52.6 Å². The van der Waals surface area contributed by atoms with Crippen molar-refractivity contribution in [2.45, 2.75) is 332 Å². The normalized spacial score (nSPS) is 24.3. The second-order valence-electron chi connectivity index (χ2n) is 50.7. The van der Waals surface area contributed by atoms with E-state index in [1.54, 1.807) is 14.7 Å². The monoisotopic (exact) mass is 2130 g/mol. The van der Waals surface area contributed by atoms with Crippen LogP contribution in [0, 0.1) is 108 Å². The molecule has 0 bridgehead atoms. The zero-order valence-corrected chi connectivity index (χ0v) is 94.6. The molecule has 3 spiro atoms. The highest BCUT2D eigenvalue weighted by molar-refractivity contribution is 7.88. The Hall–Kier alpha value is -9.44. The Kier molecular flexibility index (Phi) is 39.5. The molecule has 15 amide bonds. The van der Waals surface area contributed by atoms with Crippen LogP contribution in [0.5, 0.6) is 0 Å². The van der Waals surface area contributed by atoms with Crippen LogP contribution in [0.2, 0.25) is 0 Å². The number of sulfonamides is 3. The molecular weight excluding hydrogens is 1960 g/mol. The number of urea groups is 3. The van der Waals surface area contributed by atoms with Gasteiger partial charge in [0, 0.05) is 105 Å². The summed E-state index contributed by atoms with van der Waals surface area (Å²) in [6.07, 6.45) is 30.3. The fourth-order valence-electron chi connectivity index (χ4n) is 22.6. The van der Waals surface area contributed by atoms with E-state index in [1.165, 1.54) is 52.3 Å². The zero-order chi connectivity index (χ0) is 111. The average molecular weight is 2130 g/mol. The summed E-state index contributed by atoms with van der Waals surface area (Å²) in [5.74, 6) is -4.31. The summed E-state index contributed by atoms with van der Waals surface area (Å²) in [6.45, 7) is 45.8. The molecule has 3 saturated heterocycles. The Balaban J connectivity index is 0.000000247. The van der Waals surface area contributed by atoms with Gasteiger partial charge in [0.2, 0.25) is 82.9 Å². The van der Waals surface area contributed by atoms with Gasteiger partial charge in [-0.2, -0.15) is 0 Å². The molecule has 832 valence electrons. The molecule has 42 heteroatoms. The van der Waals surface area contributed by atoms with Crippen LogP contribution in [-0.4, -0.2) is 313 Å². The second kappa shape index (κ2) is 47.8. The number of amides is 15. The number of terminal acetylenes is 1. The topological polar surface area (TPSA) is 522 Å². The lowest BCUT2D eigenvalue weighted by molar-refractivity contribution is -0.144. The first-order chi connectivity index (χ1) is 68.2. The third-order valence-electron chi connectivity index (χ3n) is 33.2. The third kappa shape index (κ3) is 31.0. The minimum Gasteiger partial charge on any atom is -0.346 e. The van der Waals surface area contributed by atoms with Crippen molar-refractivity contribution < 1.29 is 97.2 Å². The van der Waals surface area contributed by atoms with Crippen molar-refractivity contribution in [1.82, 2.24) is 91.4 Å². The van der Waals surface area contributed by atoms with Crippen LogP contribution in [0.25, 0.3) is 0 Å². The Labute approximate surface area is 879 Å². The Bertz CT molecular complexity index is 5350. The van der Waals surface area contributed by atoms with Crippen LogP contribution in [0.15, 0.2) is 38.0 Å². The number of rotatable bonds is 42. The molecule has 3 heterocycles. The molecule has 0 aromatic carbocycles. The quantitative estimate of drug-likeness (QED) is 0.0175. The van der Waals surface area contributed by atoms with Crippen molar-refractivity contribution in [3.63, 3.8) is 0 Å². The Morgan fingerprint density at radius 1 is 0.365 bits per heavy atom. The summed E-state index contributed by atoms with van der Waals surface area (Å²) < 4.78 is 76.4. The minimum absolute atomic E-state index is 0.0227. The van der Waals surface area contributed by atoms with Crippen LogP contribution >= 0.6 is 0 Å². The number of nitrogens with zero attached hydrogens (tertiary/aromatic N) is 6. The molecule has 18 atom stereocenters. The first-order valence-electron chi connectivity index (χ1n) is 52.7. The number of ketones is 3. The molecule has 8 aliphatic carbocycles. The fourth-order valence-corrected chi connectivity index (χ4v) is 23.9. The first-order valence-corrected chi connectivity index (χ1v) is 58.3. The maximum atomic E-state index is 14.7. The van der Waals surface area contributed by atoms with Gasteiger partial charge in [0.15, 0.2) is 0 Å². The lowest BCUT2D eigenvalue weighted by Crippen LogP contribution is -2.62. The molecule has 12 N–H and O–H groups in total.